The number of benzene rings is 4. The topological polar surface area (TPSA) is 24.1 Å². The van der Waals surface area contributed by atoms with E-state index in [4.69, 9.17) is 23.2 Å². The van der Waals surface area contributed by atoms with Crippen LogP contribution in [0.1, 0.15) is 11.1 Å². The van der Waals surface area contributed by atoms with Gasteiger partial charge in [0.1, 0.15) is 0 Å². The van der Waals surface area contributed by atoms with Crippen LogP contribution in [-0.4, -0.2) is 0 Å². The summed E-state index contributed by atoms with van der Waals surface area (Å²) in [7, 11) is 0. The number of anilines is 2. The predicted molar refractivity (Wildman–Crippen MR) is 172 cm³/mol. The van der Waals surface area contributed by atoms with Crippen LogP contribution in [0.3, 0.4) is 0 Å². The van der Waals surface area contributed by atoms with E-state index >= 15 is 0 Å². The molecule has 0 amide bonds. The zero-order valence-corrected chi connectivity index (χ0v) is 27.0. The van der Waals surface area contributed by atoms with E-state index in [-0.39, 0.29) is 33.1 Å². The van der Waals surface area contributed by atoms with Crippen LogP contribution in [0, 0.1) is 35.4 Å². The molecule has 0 aliphatic heterocycles. The van der Waals surface area contributed by atoms with Crippen LogP contribution in [0.25, 0.3) is 0 Å². The van der Waals surface area contributed by atoms with Gasteiger partial charge in [-0.25, -0.2) is 41.8 Å². The molecule has 2 N–H and O–H groups in total. The van der Waals surface area contributed by atoms with Crippen LogP contribution < -0.4 is 10.6 Å². The van der Waals surface area contributed by atoms with Gasteiger partial charge in [-0.05, 0) is 34.6 Å². The van der Waals surface area contributed by atoms with Crippen LogP contribution in [0.5, 0.6) is 0 Å². The summed E-state index contributed by atoms with van der Waals surface area (Å²) < 4.78 is 51.8. The Kier molecular flexibility index (Phi) is 17.5. The van der Waals surface area contributed by atoms with Crippen molar-refractivity contribution in [2.24, 2.45) is 0 Å². The SMILES string of the molecule is Fc1[c-]c(F)c(NCc2ccccc2Cl)cc1.Fc1[c-]c(F)c(NCc2ccccc2Cl)cc1.[Ti+4].c1cc[cH-]c1.c1cc[cH-]c1. The normalized spacial score (nSPS) is 9.56. The first-order chi connectivity index (χ1) is 21.3. The third-order valence-corrected chi connectivity index (χ3v) is 6.43. The minimum absolute atomic E-state index is 0. The summed E-state index contributed by atoms with van der Waals surface area (Å²) in [6.45, 7) is 0.742. The molecule has 0 spiro atoms. The number of nitrogens with one attached hydrogen (secondary N) is 2. The smallest absolute Gasteiger partial charge is 0.430 e. The van der Waals surface area contributed by atoms with E-state index in [1.807, 2.05) is 109 Å². The maximum atomic E-state index is 13.3. The maximum Gasteiger partial charge on any atom is 4.00 e. The van der Waals surface area contributed by atoms with Crippen molar-refractivity contribution >= 4 is 34.6 Å². The van der Waals surface area contributed by atoms with Crippen LogP contribution >= 0.6 is 23.2 Å². The molecule has 0 aromatic heterocycles. The number of hydrogen-bond acceptors (Lipinski definition) is 2. The molecule has 0 bridgehead atoms. The average molecular weight is 683 g/mol. The van der Waals surface area contributed by atoms with Gasteiger partial charge < -0.3 is 10.6 Å². The van der Waals surface area contributed by atoms with E-state index in [0.29, 0.717) is 23.1 Å². The van der Waals surface area contributed by atoms with Crippen molar-refractivity contribution < 1.29 is 39.3 Å². The zero-order valence-electron chi connectivity index (χ0n) is 23.9. The maximum absolute atomic E-state index is 13.3. The second-order valence-electron chi connectivity index (χ2n) is 8.88. The summed E-state index contributed by atoms with van der Waals surface area (Å²) in [5, 5.41) is 6.89. The third-order valence-electron chi connectivity index (χ3n) is 5.69. The first kappa shape index (κ1) is 37.4. The van der Waals surface area contributed by atoms with E-state index in [1.165, 1.54) is 12.1 Å². The molecule has 0 aliphatic rings. The number of hydrogen-bond donors (Lipinski definition) is 2. The zero-order chi connectivity index (χ0) is 31.6. The minimum atomic E-state index is -0.739. The van der Waals surface area contributed by atoms with E-state index < -0.39 is 23.3 Å². The molecular weight excluding hydrogens is 655 g/mol. The van der Waals surface area contributed by atoms with Gasteiger partial charge in [0.05, 0.1) is 0 Å². The van der Waals surface area contributed by atoms with Crippen LogP contribution in [0.4, 0.5) is 28.9 Å². The van der Waals surface area contributed by atoms with Crippen LogP contribution in [0.15, 0.2) is 133 Å². The molecule has 0 saturated heterocycles. The molecule has 0 fully saturated rings. The van der Waals surface area contributed by atoms with Gasteiger partial charge in [-0.15, -0.1) is 36.4 Å². The Labute approximate surface area is 286 Å². The molecule has 2 nitrogen and oxygen atoms in total. The van der Waals surface area contributed by atoms with Gasteiger partial charge in [-0.3, -0.25) is 0 Å². The Balaban J connectivity index is 0.000000235. The fourth-order valence-corrected chi connectivity index (χ4v) is 3.87. The Morgan fingerprint density at radius 3 is 1.16 bits per heavy atom. The standard InChI is InChI=1S/2C13H9ClF2N.2C5H5.Ti/c2*14-11-4-2-1-3-9(11)8-17-13-6-5-10(15)7-12(13)16;2*1-2-4-5-3-1;/h2*1-6,17H,8H2;2*1-5H;/q4*-1;+4. The Hall–Kier alpha value is -3.81. The summed E-state index contributed by atoms with van der Waals surface area (Å²) in [6, 6.07) is 43.4. The fourth-order valence-electron chi connectivity index (χ4n) is 3.47. The average Bonchev–Trinajstić information content (AvgIpc) is 3.79. The molecule has 6 aromatic carbocycles. The van der Waals surface area contributed by atoms with Crippen molar-refractivity contribution in [1.82, 2.24) is 0 Å². The van der Waals surface area contributed by atoms with E-state index in [0.717, 1.165) is 23.3 Å². The molecule has 45 heavy (non-hydrogen) atoms. The Bertz CT molecular complexity index is 1490. The Morgan fingerprint density at radius 2 is 0.867 bits per heavy atom. The van der Waals surface area contributed by atoms with Crippen molar-refractivity contribution in [1.29, 1.82) is 0 Å². The van der Waals surface area contributed by atoms with Gasteiger partial charge in [0, 0.05) is 46.4 Å². The summed E-state index contributed by atoms with van der Waals surface area (Å²) in [6.07, 6.45) is 0. The van der Waals surface area contributed by atoms with Gasteiger partial charge in [0.15, 0.2) is 0 Å². The minimum Gasteiger partial charge on any atom is -0.430 e. The number of halogens is 6. The third kappa shape index (κ3) is 14.2. The van der Waals surface area contributed by atoms with Crippen molar-refractivity contribution in [3.63, 3.8) is 0 Å². The molecule has 0 radical (unpaired) electrons. The van der Waals surface area contributed by atoms with Crippen molar-refractivity contribution in [2.45, 2.75) is 13.1 Å². The summed E-state index contributed by atoms with van der Waals surface area (Å²) >= 11 is 11.9. The van der Waals surface area contributed by atoms with E-state index in [2.05, 4.69) is 10.6 Å². The molecule has 6 aromatic rings. The number of rotatable bonds is 6. The van der Waals surface area contributed by atoms with Gasteiger partial charge in [-0.2, -0.15) is 36.4 Å². The summed E-state index contributed by atoms with van der Waals surface area (Å²) in [5.74, 6) is -2.91. The van der Waals surface area contributed by atoms with Gasteiger partial charge in [-0.1, -0.05) is 59.6 Å². The first-order valence-corrected chi connectivity index (χ1v) is 14.1. The van der Waals surface area contributed by atoms with E-state index in [9.17, 15) is 17.6 Å². The van der Waals surface area contributed by atoms with Crippen molar-refractivity contribution in [3.05, 3.63) is 190 Å². The fraction of sp³-hybridized carbons (Fsp3) is 0.0556. The van der Waals surface area contributed by atoms with Gasteiger partial charge in [0.25, 0.3) is 0 Å². The predicted octanol–water partition coefficient (Wildman–Crippen LogP) is 10.9. The van der Waals surface area contributed by atoms with Crippen LogP contribution in [-0.2, 0) is 34.8 Å². The molecule has 228 valence electrons. The van der Waals surface area contributed by atoms with Crippen LogP contribution in [0.2, 0.25) is 10.0 Å². The largest absolute Gasteiger partial charge is 4.00 e. The molecular formula is C36H28Cl2F4N2Ti. The van der Waals surface area contributed by atoms with Crippen molar-refractivity contribution in [3.8, 4) is 0 Å². The van der Waals surface area contributed by atoms with Gasteiger partial charge in [0.2, 0.25) is 0 Å². The summed E-state index contributed by atoms with van der Waals surface area (Å²) in [5.41, 5.74) is 2.09. The van der Waals surface area contributed by atoms with E-state index in [1.54, 1.807) is 12.1 Å². The molecule has 9 heteroatoms. The quantitative estimate of drug-likeness (QED) is 0.104. The second-order valence-corrected chi connectivity index (χ2v) is 9.70. The molecule has 0 atom stereocenters. The molecule has 0 heterocycles. The molecule has 0 saturated carbocycles. The summed E-state index contributed by atoms with van der Waals surface area (Å²) in [4.78, 5) is 0. The molecule has 0 unspecified atom stereocenters. The molecule has 0 aliphatic carbocycles. The second kappa shape index (κ2) is 21.0. The van der Waals surface area contributed by atoms with Crippen molar-refractivity contribution in [2.75, 3.05) is 10.6 Å². The van der Waals surface area contributed by atoms with Gasteiger partial charge >= 0.3 is 21.7 Å². The monoisotopic (exact) mass is 682 g/mol. The Morgan fingerprint density at radius 1 is 0.511 bits per heavy atom. The first-order valence-electron chi connectivity index (χ1n) is 13.4. The molecule has 6 rings (SSSR count).